The summed E-state index contributed by atoms with van der Waals surface area (Å²) in [5.74, 6) is -1.57. The summed E-state index contributed by atoms with van der Waals surface area (Å²) in [5, 5.41) is 13.1. The van der Waals surface area contributed by atoms with Crippen LogP contribution in [0.25, 0.3) is 22.3 Å². The molecule has 5 heteroatoms. The second-order valence-electron chi connectivity index (χ2n) is 7.50. The van der Waals surface area contributed by atoms with Crippen LogP contribution in [0.15, 0.2) is 54.6 Å². The van der Waals surface area contributed by atoms with Crippen molar-refractivity contribution in [1.29, 1.82) is 0 Å². The van der Waals surface area contributed by atoms with E-state index in [0.29, 0.717) is 28.8 Å². The molecular formula is C23H19F2NO2. The molecule has 0 bridgehead atoms. The predicted octanol–water partition coefficient (Wildman–Crippen LogP) is 4.77. The molecular weight excluding hydrogens is 360 g/mol. The van der Waals surface area contributed by atoms with E-state index in [-0.39, 0.29) is 11.5 Å². The number of carbonyl (C=O) groups excluding carboxylic acids is 1. The molecule has 142 valence electrons. The summed E-state index contributed by atoms with van der Waals surface area (Å²) >= 11 is 0. The molecule has 1 heterocycles. The van der Waals surface area contributed by atoms with Crippen LogP contribution in [-0.4, -0.2) is 11.0 Å². The molecule has 0 saturated heterocycles. The maximum Gasteiger partial charge on any atom is 0.251 e. The number of hydrogen-bond donors (Lipinski definition) is 2. The second kappa shape index (κ2) is 6.53. The summed E-state index contributed by atoms with van der Waals surface area (Å²) in [4.78, 5) is 12.1. The number of amides is 1. The Morgan fingerprint density at radius 2 is 1.71 bits per heavy atom. The lowest BCUT2D eigenvalue weighted by molar-refractivity contribution is 0.0786. The first kappa shape index (κ1) is 18.3. The van der Waals surface area contributed by atoms with Crippen molar-refractivity contribution in [2.24, 2.45) is 0 Å². The number of rotatable bonds is 3. The monoisotopic (exact) mass is 379 g/mol. The standard InChI is InChI=1S/C23H19F2NO2/c1-23(2,28)15-5-3-4-13(8-15)18-9-14-12-26-22(27)19(14)11-20(18)17-7-6-16(24)10-21(17)25/h3-11,28H,12H2,1-2H3,(H,26,27). The fourth-order valence-electron chi connectivity index (χ4n) is 3.51. The first-order valence-electron chi connectivity index (χ1n) is 8.98. The molecule has 3 nitrogen and oxygen atoms in total. The minimum absolute atomic E-state index is 0.212. The zero-order valence-electron chi connectivity index (χ0n) is 15.5. The third kappa shape index (κ3) is 3.18. The van der Waals surface area contributed by atoms with E-state index in [0.717, 1.165) is 17.2 Å². The number of nitrogens with one attached hydrogen (secondary N) is 1. The molecule has 1 aliphatic rings. The maximum atomic E-state index is 14.6. The van der Waals surface area contributed by atoms with Crippen molar-refractivity contribution in [2.75, 3.05) is 0 Å². The highest BCUT2D eigenvalue weighted by Crippen LogP contribution is 2.38. The molecule has 2 N–H and O–H groups in total. The minimum atomic E-state index is -1.04. The van der Waals surface area contributed by atoms with Gasteiger partial charge in [0, 0.05) is 23.7 Å². The Labute approximate surface area is 161 Å². The van der Waals surface area contributed by atoms with Crippen LogP contribution in [0.4, 0.5) is 8.78 Å². The van der Waals surface area contributed by atoms with Gasteiger partial charge in [-0.1, -0.05) is 18.2 Å². The van der Waals surface area contributed by atoms with E-state index in [1.807, 2.05) is 30.3 Å². The predicted molar refractivity (Wildman–Crippen MR) is 104 cm³/mol. The number of fused-ring (bicyclic) bond motifs is 1. The lowest BCUT2D eigenvalue weighted by atomic mass is 9.88. The molecule has 0 aliphatic carbocycles. The molecule has 3 aromatic carbocycles. The van der Waals surface area contributed by atoms with E-state index in [9.17, 15) is 18.7 Å². The Morgan fingerprint density at radius 1 is 0.929 bits per heavy atom. The van der Waals surface area contributed by atoms with E-state index < -0.39 is 17.2 Å². The molecule has 0 spiro atoms. The highest BCUT2D eigenvalue weighted by atomic mass is 19.1. The van der Waals surface area contributed by atoms with Crippen molar-refractivity contribution in [1.82, 2.24) is 5.32 Å². The topological polar surface area (TPSA) is 49.3 Å². The van der Waals surface area contributed by atoms with Gasteiger partial charge < -0.3 is 10.4 Å². The van der Waals surface area contributed by atoms with Crippen LogP contribution in [0, 0.1) is 11.6 Å². The first-order chi connectivity index (χ1) is 13.2. The summed E-state index contributed by atoms with van der Waals surface area (Å²) in [7, 11) is 0. The zero-order chi connectivity index (χ0) is 20.1. The van der Waals surface area contributed by atoms with Gasteiger partial charge in [0.25, 0.3) is 5.91 Å². The average molecular weight is 379 g/mol. The SMILES string of the molecule is CC(C)(O)c1cccc(-c2cc3c(cc2-c2ccc(F)cc2F)C(=O)NC3)c1. The summed E-state index contributed by atoms with van der Waals surface area (Å²) in [6, 6.07) is 14.3. The summed E-state index contributed by atoms with van der Waals surface area (Å²) < 4.78 is 28.0. The normalized spacial score (nSPS) is 13.4. The molecule has 1 amide bonds. The van der Waals surface area contributed by atoms with Gasteiger partial charge in [-0.2, -0.15) is 0 Å². The maximum absolute atomic E-state index is 14.6. The summed E-state index contributed by atoms with van der Waals surface area (Å²) in [6.07, 6.45) is 0. The van der Waals surface area contributed by atoms with Gasteiger partial charge in [-0.15, -0.1) is 0 Å². The van der Waals surface area contributed by atoms with Gasteiger partial charge in [0.1, 0.15) is 11.6 Å². The molecule has 28 heavy (non-hydrogen) atoms. The van der Waals surface area contributed by atoms with Gasteiger partial charge in [-0.3, -0.25) is 4.79 Å². The van der Waals surface area contributed by atoms with Gasteiger partial charge in [0.15, 0.2) is 0 Å². The van der Waals surface area contributed by atoms with Crippen LogP contribution in [0.2, 0.25) is 0 Å². The molecule has 3 aromatic rings. The van der Waals surface area contributed by atoms with Gasteiger partial charge in [-0.05, 0) is 72.0 Å². The lowest BCUT2D eigenvalue weighted by Crippen LogP contribution is -2.15. The van der Waals surface area contributed by atoms with Gasteiger partial charge in [0.05, 0.1) is 5.60 Å². The molecule has 4 rings (SSSR count). The van der Waals surface area contributed by atoms with E-state index >= 15 is 0 Å². The summed E-state index contributed by atoms with van der Waals surface area (Å²) in [5.41, 5.74) is 3.19. The highest BCUT2D eigenvalue weighted by Gasteiger charge is 2.24. The van der Waals surface area contributed by atoms with Crippen molar-refractivity contribution in [3.8, 4) is 22.3 Å². The quantitative estimate of drug-likeness (QED) is 0.689. The van der Waals surface area contributed by atoms with E-state index in [1.54, 1.807) is 19.9 Å². The Bertz CT molecular complexity index is 1100. The van der Waals surface area contributed by atoms with Crippen LogP contribution >= 0.6 is 0 Å². The molecule has 0 unspecified atom stereocenters. The Morgan fingerprint density at radius 3 is 2.43 bits per heavy atom. The van der Waals surface area contributed by atoms with E-state index in [2.05, 4.69) is 5.32 Å². The largest absolute Gasteiger partial charge is 0.386 e. The van der Waals surface area contributed by atoms with Gasteiger partial charge in [-0.25, -0.2) is 8.78 Å². The van der Waals surface area contributed by atoms with Crippen molar-refractivity contribution in [3.05, 3.63) is 82.9 Å². The summed E-state index contributed by atoms with van der Waals surface area (Å²) in [6.45, 7) is 3.79. The van der Waals surface area contributed by atoms with Crippen LogP contribution in [0.5, 0.6) is 0 Å². The van der Waals surface area contributed by atoms with Crippen LogP contribution < -0.4 is 5.32 Å². The second-order valence-corrected chi connectivity index (χ2v) is 7.50. The Hall–Kier alpha value is -3.05. The third-order valence-electron chi connectivity index (χ3n) is 5.03. The number of hydrogen-bond acceptors (Lipinski definition) is 2. The van der Waals surface area contributed by atoms with Crippen LogP contribution in [0.3, 0.4) is 0 Å². The van der Waals surface area contributed by atoms with E-state index in [4.69, 9.17) is 0 Å². The molecule has 0 radical (unpaired) electrons. The molecule has 1 aliphatic heterocycles. The Balaban J connectivity index is 1.98. The van der Waals surface area contributed by atoms with Crippen LogP contribution in [-0.2, 0) is 12.1 Å². The smallest absolute Gasteiger partial charge is 0.251 e. The van der Waals surface area contributed by atoms with E-state index in [1.165, 1.54) is 12.1 Å². The Kier molecular flexibility index (Phi) is 4.27. The molecule has 0 fully saturated rings. The zero-order valence-corrected chi connectivity index (χ0v) is 15.5. The van der Waals surface area contributed by atoms with Crippen molar-refractivity contribution >= 4 is 5.91 Å². The fraction of sp³-hybridized carbons (Fsp3) is 0.174. The number of aliphatic hydroxyl groups is 1. The molecule has 0 atom stereocenters. The van der Waals surface area contributed by atoms with Crippen molar-refractivity contribution in [2.45, 2.75) is 26.0 Å². The van der Waals surface area contributed by atoms with Crippen molar-refractivity contribution in [3.63, 3.8) is 0 Å². The first-order valence-corrected chi connectivity index (χ1v) is 8.98. The molecule has 0 saturated carbocycles. The van der Waals surface area contributed by atoms with Gasteiger partial charge in [0.2, 0.25) is 0 Å². The number of benzene rings is 3. The fourth-order valence-corrected chi connectivity index (χ4v) is 3.51. The number of halogens is 2. The van der Waals surface area contributed by atoms with Crippen LogP contribution in [0.1, 0.15) is 35.3 Å². The lowest BCUT2D eigenvalue weighted by Gasteiger charge is -2.20. The number of carbonyl (C=O) groups is 1. The average Bonchev–Trinajstić information content (AvgIpc) is 3.00. The molecule has 0 aromatic heterocycles. The minimum Gasteiger partial charge on any atom is -0.386 e. The third-order valence-corrected chi connectivity index (χ3v) is 5.03. The van der Waals surface area contributed by atoms with Gasteiger partial charge >= 0.3 is 0 Å². The van der Waals surface area contributed by atoms with Crippen molar-refractivity contribution < 1.29 is 18.7 Å². The highest BCUT2D eigenvalue weighted by molar-refractivity contribution is 6.01.